The number of fused-ring (bicyclic) bond motifs is 4. The van der Waals surface area contributed by atoms with Crippen LogP contribution in [-0.4, -0.2) is 23.1 Å². The van der Waals surface area contributed by atoms with Crippen LogP contribution in [0.5, 0.6) is 0 Å². The predicted molar refractivity (Wildman–Crippen MR) is 63.7 cm³/mol. The molecule has 3 nitrogen and oxygen atoms in total. The van der Waals surface area contributed by atoms with Gasteiger partial charge in [0.2, 0.25) is 0 Å². The van der Waals surface area contributed by atoms with E-state index in [2.05, 4.69) is 27.4 Å². The molecule has 2 bridgehead atoms. The Hall–Kier alpha value is -1.35. The molecule has 1 aliphatic carbocycles. The second-order valence-electron chi connectivity index (χ2n) is 5.03. The zero-order valence-corrected chi connectivity index (χ0v) is 9.16. The average Bonchev–Trinajstić information content (AvgIpc) is 2.55. The molecule has 1 fully saturated rings. The maximum absolute atomic E-state index is 4.37. The topological polar surface area (TPSA) is 40.7 Å². The number of aromatic nitrogens is 2. The molecule has 2 N–H and O–H groups in total. The lowest BCUT2D eigenvalue weighted by Crippen LogP contribution is -2.18. The van der Waals surface area contributed by atoms with Crippen LogP contribution in [0.3, 0.4) is 0 Å². The number of rotatable bonds is 0. The van der Waals surface area contributed by atoms with Gasteiger partial charge in [-0.05, 0) is 47.9 Å². The molecule has 0 spiro atoms. The Labute approximate surface area is 94.3 Å². The van der Waals surface area contributed by atoms with E-state index in [1.54, 1.807) is 17.5 Å². The van der Waals surface area contributed by atoms with Gasteiger partial charge in [0, 0.05) is 13.1 Å². The zero-order chi connectivity index (χ0) is 10.5. The van der Waals surface area contributed by atoms with Gasteiger partial charge >= 0.3 is 0 Å². The summed E-state index contributed by atoms with van der Waals surface area (Å²) in [7, 11) is 0. The molecule has 2 atom stereocenters. The van der Waals surface area contributed by atoms with Gasteiger partial charge < -0.3 is 10.3 Å². The highest BCUT2D eigenvalue weighted by Gasteiger charge is 2.30. The fourth-order valence-corrected chi connectivity index (χ4v) is 3.29. The first-order valence-electron chi connectivity index (χ1n) is 6.09. The van der Waals surface area contributed by atoms with E-state index in [-0.39, 0.29) is 0 Å². The minimum Gasteiger partial charge on any atom is -0.345 e. The number of benzene rings is 1. The molecule has 1 aromatic carbocycles. The third-order valence-corrected chi connectivity index (χ3v) is 4.15. The van der Waals surface area contributed by atoms with Crippen molar-refractivity contribution < 1.29 is 0 Å². The van der Waals surface area contributed by atoms with E-state index >= 15 is 0 Å². The van der Waals surface area contributed by atoms with Crippen LogP contribution in [-0.2, 0) is 0 Å². The number of aromatic amines is 1. The highest BCUT2D eigenvalue weighted by Crippen LogP contribution is 2.41. The predicted octanol–water partition coefficient (Wildman–Crippen LogP) is 2.13. The number of hydrogen-bond acceptors (Lipinski definition) is 2. The van der Waals surface area contributed by atoms with Gasteiger partial charge in [0.15, 0.2) is 0 Å². The summed E-state index contributed by atoms with van der Waals surface area (Å²) in [5.74, 6) is 1.41. The molecule has 0 unspecified atom stereocenters. The number of nitrogens with one attached hydrogen (secondary N) is 2. The van der Waals surface area contributed by atoms with Crippen molar-refractivity contribution in [1.82, 2.24) is 15.3 Å². The van der Waals surface area contributed by atoms with E-state index in [4.69, 9.17) is 0 Å². The van der Waals surface area contributed by atoms with Crippen molar-refractivity contribution in [3.63, 3.8) is 0 Å². The van der Waals surface area contributed by atoms with Crippen LogP contribution >= 0.6 is 0 Å². The normalized spacial score (nSPS) is 28.0. The van der Waals surface area contributed by atoms with E-state index < -0.39 is 0 Å². The minimum atomic E-state index is 0.704. The average molecular weight is 213 g/mol. The molecule has 82 valence electrons. The van der Waals surface area contributed by atoms with Crippen molar-refractivity contribution in [3.05, 3.63) is 29.6 Å². The van der Waals surface area contributed by atoms with Crippen LogP contribution in [0.25, 0.3) is 11.0 Å². The first kappa shape index (κ1) is 8.76. The Morgan fingerprint density at radius 3 is 2.62 bits per heavy atom. The summed E-state index contributed by atoms with van der Waals surface area (Å²) < 4.78 is 0. The molecule has 2 aromatic rings. The van der Waals surface area contributed by atoms with Gasteiger partial charge in [-0.15, -0.1) is 0 Å². The maximum atomic E-state index is 4.37. The molecular formula is C13H15N3. The third-order valence-electron chi connectivity index (χ3n) is 4.15. The molecule has 3 aliphatic rings. The van der Waals surface area contributed by atoms with Crippen molar-refractivity contribution >= 4 is 11.0 Å². The molecule has 3 heteroatoms. The lowest BCUT2D eigenvalue weighted by Gasteiger charge is -2.26. The Kier molecular flexibility index (Phi) is 1.68. The summed E-state index contributed by atoms with van der Waals surface area (Å²) in [5.41, 5.74) is 5.40. The van der Waals surface area contributed by atoms with E-state index in [9.17, 15) is 0 Å². The van der Waals surface area contributed by atoms with Crippen molar-refractivity contribution in [2.24, 2.45) is 0 Å². The Morgan fingerprint density at radius 1 is 1.06 bits per heavy atom. The number of nitrogens with zero attached hydrogens (tertiary/aromatic N) is 1. The molecule has 3 heterocycles. The van der Waals surface area contributed by atoms with Gasteiger partial charge in [-0.1, -0.05) is 0 Å². The number of imidazole rings is 1. The maximum Gasteiger partial charge on any atom is 0.0931 e. The van der Waals surface area contributed by atoms with Crippen LogP contribution in [0.15, 0.2) is 18.5 Å². The van der Waals surface area contributed by atoms with Crippen LogP contribution < -0.4 is 5.32 Å². The standard InChI is InChI=1S/C13H15N3/c1-2-9-6-14-5-8(1)10-3-12-13(4-11(9)10)16-7-15-12/h3-4,7-9,14H,1-2,5-6H2,(H,15,16)/t8-,9-/m0/s1. The van der Waals surface area contributed by atoms with E-state index in [0.717, 1.165) is 18.6 Å². The summed E-state index contributed by atoms with van der Waals surface area (Å²) in [6.45, 7) is 2.28. The Balaban J connectivity index is 2.01. The van der Waals surface area contributed by atoms with Crippen LogP contribution in [0, 0.1) is 0 Å². The van der Waals surface area contributed by atoms with Crippen molar-refractivity contribution in [2.45, 2.75) is 24.7 Å². The SMILES string of the molecule is c1nc2cc3c(cc2[nH]1)[C@H]1CC[C@H]3CNC1. The third kappa shape index (κ3) is 1.09. The minimum absolute atomic E-state index is 0.704. The second-order valence-corrected chi connectivity index (χ2v) is 5.03. The van der Waals surface area contributed by atoms with E-state index in [1.807, 2.05) is 0 Å². The van der Waals surface area contributed by atoms with E-state index in [0.29, 0.717) is 11.8 Å². The fraction of sp³-hybridized carbons (Fsp3) is 0.462. The fourth-order valence-electron chi connectivity index (χ4n) is 3.29. The van der Waals surface area contributed by atoms with Crippen molar-refractivity contribution in [2.75, 3.05) is 13.1 Å². The zero-order valence-electron chi connectivity index (χ0n) is 9.16. The summed E-state index contributed by atoms with van der Waals surface area (Å²) in [4.78, 5) is 7.58. The molecule has 0 radical (unpaired) electrons. The molecule has 1 aromatic heterocycles. The van der Waals surface area contributed by atoms with Crippen LogP contribution in [0.4, 0.5) is 0 Å². The quantitative estimate of drug-likeness (QED) is 0.703. The highest BCUT2D eigenvalue weighted by atomic mass is 14.9. The summed E-state index contributed by atoms with van der Waals surface area (Å²) in [6, 6.07) is 4.62. The van der Waals surface area contributed by atoms with Gasteiger partial charge in [-0.3, -0.25) is 0 Å². The first-order chi connectivity index (χ1) is 7.92. The first-order valence-corrected chi connectivity index (χ1v) is 6.09. The van der Waals surface area contributed by atoms with Crippen molar-refractivity contribution in [3.8, 4) is 0 Å². The molecular weight excluding hydrogens is 198 g/mol. The lowest BCUT2D eigenvalue weighted by atomic mass is 9.78. The number of hydrogen-bond donors (Lipinski definition) is 2. The Bertz CT molecular complexity index is 493. The molecule has 5 rings (SSSR count). The smallest absolute Gasteiger partial charge is 0.0931 e. The van der Waals surface area contributed by atoms with Gasteiger partial charge in [-0.25, -0.2) is 4.98 Å². The molecule has 0 amide bonds. The van der Waals surface area contributed by atoms with Crippen LogP contribution in [0.2, 0.25) is 0 Å². The van der Waals surface area contributed by atoms with Gasteiger partial charge in [0.1, 0.15) is 0 Å². The summed E-state index contributed by atoms with van der Waals surface area (Å²) >= 11 is 0. The molecule has 1 saturated heterocycles. The molecule has 0 saturated carbocycles. The van der Waals surface area contributed by atoms with E-state index in [1.165, 1.54) is 18.4 Å². The largest absolute Gasteiger partial charge is 0.345 e. The lowest BCUT2D eigenvalue weighted by molar-refractivity contribution is 0.550. The number of H-pyrrole nitrogens is 1. The van der Waals surface area contributed by atoms with Gasteiger partial charge in [-0.2, -0.15) is 0 Å². The summed E-state index contributed by atoms with van der Waals surface area (Å²) in [5, 5.41) is 3.57. The molecule has 2 aliphatic heterocycles. The summed E-state index contributed by atoms with van der Waals surface area (Å²) in [6.07, 6.45) is 4.47. The van der Waals surface area contributed by atoms with Gasteiger partial charge in [0.25, 0.3) is 0 Å². The van der Waals surface area contributed by atoms with Crippen LogP contribution in [0.1, 0.15) is 35.8 Å². The van der Waals surface area contributed by atoms with Gasteiger partial charge in [0.05, 0.1) is 17.4 Å². The van der Waals surface area contributed by atoms with Crippen molar-refractivity contribution in [1.29, 1.82) is 0 Å². The second kappa shape index (κ2) is 3.08. The monoisotopic (exact) mass is 213 g/mol. The highest BCUT2D eigenvalue weighted by molar-refractivity contribution is 5.77. The Morgan fingerprint density at radius 2 is 1.81 bits per heavy atom. The molecule has 16 heavy (non-hydrogen) atoms.